The molecule has 0 unspecified atom stereocenters. The molecule has 258 valence electrons. The Hall–Kier alpha value is -4.43. The van der Waals surface area contributed by atoms with E-state index in [0.29, 0.717) is 11.0 Å². The molecule has 2 nitrogen and oxygen atoms in total. The Morgan fingerprint density at radius 2 is 0.980 bits per heavy atom. The first-order valence-electron chi connectivity index (χ1n) is 18.3. The maximum atomic E-state index is 11.2. The Morgan fingerprint density at radius 1 is 0.520 bits per heavy atom. The van der Waals surface area contributed by atoms with E-state index < -0.39 is 5.97 Å². The largest absolute Gasteiger partial charge is 0.478 e. The van der Waals surface area contributed by atoms with Crippen molar-refractivity contribution >= 4 is 28.4 Å². The molecule has 7 rings (SSSR count). The predicted octanol–water partition coefficient (Wildman–Crippen LogP) is 13.2. The summed E-state index contributed by atoms with van der Waals surface area (Å²) in [6.45, 7) is 21.1. The van der Waals surface area contributed by atoms with Crippen molar-refractivity contribution in [3.05, 3.63) is 142 Å². The smallest absolute Gasteiger partial charge is 0.335 e. The summed E-state index contributed by atoms with van der Waals surface area (Å²) >= 11 is 0. The molecule has 0 saturated heterocycles. The van der Waals surface area contributed by atoms with Gasteiger partial charge in [0.1, 0.15) is 0 Å². The summed E-state index contributed by atoms with van der Waals surface area (Å²) in [5, 5.41) is 11.2. The Bertz CT molecular complexity index is 2090. The van der Waals surface area contributed by atoms with Crippen LogP contribution in [0.4, 0.5) is 0 Å². The molecule has 0 bridgehead atoms. The van der Waals surface area contributed by atoms with E-state index in [4.69, 9.17) is 0 Å². The zero-order valence-corrected chi connectivity index (χ0v) is 31.6. The van der Waals surface area contributed by atoms with Crippen molar-refractivity contribution < 1.29 is 9.90 Å². The maximum Gasteiger partial charge on any atom is 0.335 e. The van der Waals surface area contributed by atoms with Gasteiger partial charge in [0.15, 0.2) is 0 Å². The summed E-state index contributed by atoms with van der Waals surface area (Å²) in [6.07, 6.45) is 7.23. The average molecular weight is 663 g/mol. The molecule has 0 aromatic heterocycles. The molecule has 50 heavy (non-hydrogen) atoms. The molecule has 0 radical (unpaired) electrons. The molecule has 2 heteroatoms. The second-order valence-corrected chi connectivity index (χ2v) is 17.4. The molecule has 0 aliphatic heterocycles. The maximum absolute atomic E-state index is 11.2. The lowest BCUT2D eigenvalue weighted by Gasteiger charge is -2.42. The SMILES string of the molecule is C/C(=C\c1ccccc1)c1ccc2c(c1)C(C)(C)CCC2(C)C.CC1(C)CCC(C)(C)c2cc(-c3ccc4cc(C(=O)O)ccc4c3)ccc21. The molecule has 0 atom stereocenters. The Labute approximate surface area is 300 Å². The van der Waals surface area contributed by atoms with Crippen molar-refractivity contribution in [3.63, 3.8) is 0 Å². The fraction of sp³-hybridized carbons (Fsp3) is 0.354. The van der Waals surface area contributed by atoms with Crippen molar-refractivity contribution in [3.8, 4) is 11.1 Å². The second-order valence-electron chi connectivity index (χ2n) is 17.4. The number of carboxylic acid groups (broad SMARTS) is 1. The minimum absolute atomic E-state index is 0.189. The summed E-state index contributed by atoms with van der Waals surface area (Å²) in [4.78, 5) is 11.2. The van der Waals surface area contributed by atoms with Crippen LogP contribution >= 0.6 is 0 Å². The van der Waals surface area contributed by atoms with E-state index >= 15 is 0 Å². The molecule has 0 heterocycles. The lowest BCUT2D eigenvalue weighted by Crippen LogP contribution is -2.33. The highest BCUT2D eigenvalue weighted by Crippen LogP contribution is 2.48. The third kappa shape index (κ3) is 7.08. The van der Waals surface area contributed by atoms with Crippen molar-refractivity contribution in [2.45, 2.75) is 110 Å². The number of benzene rings is 5. The quantitative estimate of drug-likeness (QED) is 0.194. The Balaban J connectivity index is 0.000000175. The monoisotopic (exact) mass is 662 g/mol. The van der Waals surface area contributed by atoms with Gasteiger partial charge in [-0.2, -0.15) is 0 Å². The molecule has 0 amide bonds. The van der Waals surface area contributed by atoms with E-state index in [2.05, 4.69) is 147 Å². The molecule has 5 aromatic carbocycles. The van der Waals surface area contributed by atoms with Crippen LogP contribution in [0.3, 0.4) is 0 Å². The number of aromatic carboxylic acids is 1. The third-order valence-electron chi connectivity index (χ3n) is 11.8. The first-order valence-corrected chi connectivity index (χ1v) is 18.3. The normalized spacial score (nSPS) is 18.3. The van der Waals surface area contributed by atoms with Crippen LogP contribution < -0.4 is 0 Å². The predicted molar refractivity (Wildman–Crippen MR) is 213 cm³/mol. The molecular formula is C48H54O2. The topological polar surface area (TPSA) is 37.3 Å². The van der Waals surface area contributed by atoms with Crippen molar-refractivity contribution in [2.75, 3.05) is 0 Å². The van der Waals surface area contributed by atoms with E-state index in [-0.39, 0.29) is 16.2 Å². The Morgan fingerprint density at radius 3 is 1.58 bits per heavy atom. The number of rotatable bonds is 4. The lowest BCUT2D eigenvalue weighted by molar-refractivity contribution is 0.0697. The number of carboxylic acids is 1. The van der Waals surface area contributed by atoms with Crippen molar-refractivity contribution in [2.24, 2.45) is 0 Å². The van der Waals surface area contributed by atoms with Gasteiger partial charge < -0.3 is 5.11 Å². The van der Waals surface area contributed by atoms with Crippen LogP contribution in [-0.2, 0) is 21.7 Å². The number of hydrogen-bond donors (Lipinski definition) is 1. The zero-order valence-electron chi connectivity index (χ0n) is 31.6. The van der Waals surface area contributed by atoms with Gasteiger partial charge in [0.2, 0.25) is 0 Å². The van der Waals surface area contributed by atoms with Crippen molar-refractivity contribution in [1.29, 1.82) is 0 Å². The highest BCUT2D eigenvalue weighted by Gasteiger charge is 2.38. The third-order valence-corrected chi connectivity index (χ3v) is 11.8. The first-order chi connectivity index (χ1) is 23.5. The van der Waals surface area contributed by atoms with E-state index in [9.17, 15) is 9.90 Å². The fourth-order valence-corrected chi connectivity index (χ4v) is 8.04. The van der Waals surface area contributed by atoms with E-state index in [1.807, 2.05) is 12.1 Å². The van der Waals surface area contributed by atoms with E-state index in [1.54, 1.807) is 12.1 Å². The average Bonchev–Trinajstić information content (AvgIpc) is 3.09. The van der Waals surface area contributed by atoms with E-state index in [1.165, 1.54) is 75.8 Å². The zero-order chi connectivity index (χ0) is 36.1. The molecule has 5 aromatic rings. The van der Waals surface area contributed by atoms with Crippen LogP contribution in [0.5, 0.6) is 0 Å². The summed E-state index contributed by atoms with van der Waals surface area (Å²) in [7, 11) is 0. The summed E-state index contributed by atoms with van der Waals surface area (Å²) in [5.41, 5.74) is 13.6. The summed E-state index contributed by atoms with van der Waals surface area (Å²) < 4.78 is 0. The minimum Gasteiger partial charge on any atom is -0.478 e. The minimum atomic E-state index is -0.888. The number of fused-ring (bicyclic) bond motifs is 3. The van der Waals surface area contributed by atoms with Crippen LogP contribution in [-0.4, -0.2) is 11.1 Å². The van der Waals surface area contributed by atoms with Gasteiger partial charge >= 0.3 is 5.97 Å². The standard InChI is InChI=1S/C25H26O2.C23H28/c1-24(2)11-12-25(3,4)22-15-19(9-10-21(22)24)17-5-6-18-14-20(23(26)27)8-7-16(18)13-17;1-17(15-18-9-7-6-8-10-18)19-11-12-20-21(16-19)23(4,5)14-13-22(20,2)3/h5-10,13-15H,11-12H2,1-4H3,(H,26,27);6-12,15-16H,13-14H2,1-5H3/b;17-15+. The summed E-state index contributed by atoms with van der Waals surface area (Å²) in [5.74, 6) is -0.888. The van der Waals surface area contributed by atoms with Crippen LogP contribution in [0.2, 0.25) is 0 Å². The summed E-state index contributed by atoms with van der Waals surface area (Å²) in [6, 6.07) is 36.2. The molecule has 2 aliphatic rings. The van der Waals surface area contributed by atoms with Gasteiger partial charge in [-0.1, -0.05) is 146 Å². The van der Waals surface area contributed by atoms with Gasteiger partial charge in [-0.05, 0) is 133 Å². The number of carbonyl (C=O) groups is 1. The molecule has 0 fully saturated rings. The molecule has 0 spiro atoms. The number of hydrogen-bond acceptors (Lipinski definition) is 1. The van der Waals surface area contributed by atoms with Crippen LogP contribution in [0, 0.1) is 0 Å². The number of allylic oxidation sites excluding steroid dienone is 1. The van der Waals surface area contributed by atoms with Gasteiger partial charge in [-0.3, -0.25) is 0 Å². The van der Waals surface area contributed by atoms with Crippen LogP contribution in [0.25, 0.3) is 33.5 Å². The van der Waals surface area contributed by atoms with Gasteiger partial charge in [-0.25, -0.2) is 4.79 Å². The fourth-order valence-electron chi connectivity index (χ4n) is 8.04. The van der Waals surface area contributed by atoms with Gasteiger partial charge in [0, 0.05) is 0 Å². The first kappa shape index (κ1) is 35.4. The second kappa shape index (κ2) is 13.0. The Kier molecular flexibility index (Phi) is 9.23. The van der Waals surface area contributed by atoms with Gasteiger partial charge in [-0.15, -0.1) is 0 Å². The van der Waals surface area contributed by atoms with Gasteiger partial charge in [0.05, 0.1) is 5.56 Å². The van der Waals surface area contributed by atoms with Crippen LogP contribution in [0.1, 0.15) is 132 Å². The van der Waals surface area contributed by atoms with Crippen LogP contribution in [0.15, 0.2) is 103 Å². The van der Waals surface area contributed by atoms with Crippen molar-refractivity contribution in [1.82, 2.24) is 0 Å². The molecule has 1 N–H and O–H groups in total. The molecule has 0 saturated carbocycles. The lowest BCUT2D eigenvalue weighted by atomic mass is 9.63. The molecular weight excluding hydrogens is 609 g/mol. The van der Waals surface area contributed by atoms with Gasteiger partial charge in [0.25, 0.3) is 0 Å². The van der Waals surface area contributed by atoms with E-state index in [0.717, 1.165) is 10.8 Å². The highest BCUT2D eigenvalue weighted by molar-refractivity contribution is 5.95. The highest BCUT2D eigenvalue weighted by atomic mass is 16.4. The molecule has 2 aliphatic carbocycles.